The number of carbonyl (C=O) groups excluding carboxylic acids is 3. The summed E-state index contributed by atoms with van der Waals surface area (Å²) >= 11 is 1.12. The van der Waals surface area contributed by atoms with Gasteiger partial charge in [0.15, 0.2) is 10.8 Å². The molecule has 2 rings (SSSR count). The van der Waals surface area contributed by atoms with Gasteiger partial charge in [-0.1, -0.05) is 11.3 Å². The Kier molecular flexibility index (Phi) is 4.73. The van der Waals surface area contributed by atoms with Gasteiger partial charge in [0.25, 0.3) is 5.91 Å². The van der Waals surface area contributed by atoms with Crippen LogP contribution in [0.25, 0.3) is 0 Å². The maximum Gasteiger partial charge on any atom is 0.270 e. The van der Waals surface area contributed by atoms with Crippen LogP contribution in [0.5, 0.6) is 0 Å². The van der Waals surface area contributed by atoms with Crippen LogP contribution < -0.4 is 16.4 Å². The smallest absolute Gasteiger partial charge is 0.270 e. The first kappa shape index (κ1) is 15.2. The van der Waals surface area contributed by atoms with Crippen LogP contribution in [-0.4, -0.2) is 47.7 Å². The molecule has 8 nitrogen and oxygen atoms in total. The third kappa shape index (κ3) is 3.69. The van der Waals surface area contributed by atoms with Gasteiger partial charge in [0.05, 0.1) is 6.54 Å². The van der Waals surface area contributed by atoms with Crippen molar-refractivity contribution in [2.75, 3.05) is 30.8 Å². The maximum absolute atomic E-state index is 12.0. The van der Waals surface area contributed by atoms with E-state index in [4.69, 9.17) is 5.73 Å². The lowest BCUT2D eigenvalue weighted by Crippen LogP contribution is -2.40. The van der Waals surface area contributed by atoms with E-state index in [0.717, 1.165) is 24.2 Å². The molecule has 3 amide bonds. The minimum Gasteiger partial charge on any atom is -0.365 e. The van der Waals surface area contributed by atoms with E-state index in [1.165, 1.54) is 4.90 Å². The van der Waals surface area contributed by atoms with E-state index in [-0.39, 0.29) is 24.1 Å². The van der Waals surface area contributed by atoms with Crippen LogP contribution in [0.4, 0.5) is 10.1 Å². The zero-order valence-electron chi connectivity index (χ0n) is 11.6. The number of nitrogens with two attached hydrogens (primary N) is 1. The quantitative estimate of drug-likeness (QED) is 0.720. The Bertz CT molecular complexity index is 571. The second kappa shape index (κ2) is 6.53. The largest absolute Gasteiger partial charge is 0.365 e. The second-order valence-corrected chi connectivity index (χ2v) is 5.63. The summed E-state index contributed by atoms with van der Waals surface area (Å²) in [5.41, 5.74) is 5.24. The minimum atomic E-state index is -0.711. The summed E-state index contributed by atoms with van der Waals surface area (Å²) in [6.07, 6.45) is 2.24. The molecule has 1 saturated heterocycles. The summed E-state index contributed by atoms with van der Waals surface area (Å²) < 4.78 is 0. The van der Waals surface area contributed by atoms with Crippen molar-refractivity contribution in [3.63, 3.8) is 0 Å². The molecule has 1 fully saturated rings. The van der Waals surface area contributed by atoms with Gasteiger partial charge in [0.1, 0.15) is 5.00 Å². The van der Waals surface area contributed by atoms with Crippen LogP contribution in [-0.2, 0) is 9.59 Å². The average Bonchev–Trinajstić information content (AvgIpc) is 2.84. The van der Waals surface area contributed by atoms with Crippen LogP contribution in [0.15, 0.2) is 0 Å². The number of thiazole rings is 1. The molecule has 0 atom stereocenters. The van der Waals surface area contributed by atoms with Crippen LogP contribution in [0.1, 0.15) is 29.8 Å². The van der Waals surface area contributed by atoms with Gasteiger partial charge in [-0.25, -0.2) is 4.98 Å². The second-order valence-electron chi connectivity index (χ2n) is 4.63. The molecule has 1 aromatic rings. The van der Waals surface area contributed by atoms with Gasteiger partial charge < -0.3 is 21.3 Å². The average molecular weight is 311 g/mol. The van der Waals surface area contributed by atoms with Gasteiger partial charge >= 0.3 is 0 Å². The molecule has 0 spiro atoms. The minimum absolute atomic E-state index is 0.0164. The Hall–Kier alpha value is -2.16. The lowest BCUT2D eigenvalue weighted by molar-refractivity contribution is -0.136. The first-order valence-electron chi connectivity index (χ1n) is 6.57. The van der Waals surface area contributed by atoms with E-state index in [1.807, 2.05) is 0 Å². The zero-order chi connectivity index (χ0) is 15.4. The van der Waals surface area contributed by atoms with E-state index < -0.39 is 5.91 Å². The Labute approximate surface area is 125 Å². The van der Waals surface area contributed by atoms with Gasteiger partial charge in [0.2, 0.25) is 11.8 Å². The SMILES string of the molecule is CNc1nc(C(N)=O)c(NC(=O)CN2CCCCC2=O)s1. The number of carbonyl (C=O) groups is 3. The van der Waals surface area contributed by atoms with Crippen molar-refractivity contribution >= 4 is 39.2 Å². The van der Waals surface area contributed by atoms with Crippen LogP contribution in [0, 0.1) is 0 Å². The highest BCUT2D eigenvalue weighted by atomic mass is 32.1. The zero-order valence-corrected chi connectivity index (χ0v) is 12.5. The predicted molar refractivity (Wildman–Crippen MR) is 79.2 cm³/mol. The van der Waals surface area contributed by atoms with E-state index in [1.54, 1.807) is 7.05 Å². The fourth-order valence-corrected chi connectivity index (χ4v) is 2.89. The normalized spacial score (nSPS) is 14.9. The molecule has 1 aromatic heterocycles. The molecular formula is C12H17N5O3S. The van der Waals surface area contributed by atoms with Crippen molar-refractivity contribution in [2.45, 2.75) is 19.3 Å². The summed E-state index contributed by atoms with van der Waals surface area (Å²) in [6, 6.07) is 0. The third-order valence-electron chi connectivity index (χ3n) is 3.08. The molecule has 0 saturated carbocycles. The van der Waals surface area contributed by atoms with E-state index >= 15 is 0 Å². The molecular weight excluding hydrogens is 294 g/mol. The fourth-order valence-electron chi connectivity index (χ4n) is 2.05. The lowest BCUT2D eigenvalue weighted by atomic mass is 10.1. The predicted octanol–water partition coefficient (Wildman–Crippen LogP) is 0.235. The highest BCUT2D eigenvalue weighted by molar-refractivity contribution is 7.20. The number of likely N-dealkylation sites (tertiary alicyclic amines) is 1. The number of hydrogen-bond donors (Lipinski definition) is 3. The van der Waals surface area contributed by atoms with Gasteiger partial charge in [-0.2, -0.15) is 0 Å². The molecule has 0 unspecified atom stereocenters. The molecule has 0 aromatic carbocycles. The highest BCUT2D eigenvalue weighted by Gasteiger charge is 2.22. The molecule has 0 radical (unpaired) electrons. The van der Waals surface area contributed by atoms with E-state index in [2.05, 4.69) is 15.6 Å². The Morgan fingerprint density at radius 2 is 2.19 bits per heavy atom. The molecule has 21 heavy (non-hydrogen) atoms. The molecule has 114 valence electrons. The maximum atomic E-state index is 12.0. The van der Waals surface area contributed by atoms with Gasteiger partial charge in [-0.05, 0) is 12.8 Å². The summed E-state index contributed by atoms with van der Waals surface area (Å²) in [4.78, 5) is 40.5. The van der Waals surface area contributed by atoms with Crippen molar-refractivity contribution in [1.82, 2.24) is 9.88 Å². The molecule has 4 N–H and O–H groups in total. The Morgan fingerprint density at radius 1 is 1.43 bits per heavy atom. The van der Waals surface area contributed by atoms with Crippen molar-refractivity contribution in [1.29, 1.82) is 0 Å². The standard InChI is InChI=1S/C12H17N5O3S/c1-14-12-16-9(10(13)20)11(21-12)15-7(18)6-17-5-3-2-4-8(17)19/h2-6H2,1H3,(H2,13,20)(H,14,16)(H,15,18). The first-order chi connectivity index (χ1) is 10.0. The summed E-state index contributed by atoms with van der Waals surface area (Å²) in [6.45, 7) is 0.559. The number of aromatic nitrogens is 1. The van der Waals surface area contributed by atoms with E-state index in [9.17, 15) is 14.4 Å². The number of rotatable bonds is 5. The summed E-state index contributed by atoms with van der Waals surface area (Å²) in [7, 11) is 1.65. The molecule has 9 heteroatoms. The van der Waals surface area contributed by atoms with Crippen LogP contribution in [0.3, 0.4) is 0 Å². The molecule has 1 aliphatic heterocycles. The van der Waals surface area contributed by atoms with Gasteiger partial charge in [-0.3, -0.25) is 14.4 Å². The Morgan fingerprint density at radius 3 is 2.81 bits per heavy atom. The fraction of sp³-hybridized carbons (Fsp3) is 0.500. The molecule has 2 heterocycles. The first-order valence-corrected chi connectivity index (χ1v) is 7.39. The molecule has 0 aliphatic carbocycles. The number of nitrogens with one attached hydrogen (secondary N) is 2. The van der Waals surface area contributed by atoms with Crippen molar-refractivity contribution in [3.05, 3.63) is 5.69 Å². The monoisotopic (exact) mass is 311 g/mol. The lowest BCUT2D eigenvalue weighted by Gasteiger charge is -2.25. The molecule has 0 bridgehead atoms. The third-order valence-corrected chi connectivity index (χ3v) is 4.07. The topological polar surface area (TPSA) is 117 Å². The highest BCUT2D eigenvalue weighted by Crippen LogP contribution is 2.27. The van der Waals surface area contributed by atoms with E-state index in [0.29, 0.717) is 23.1 Å². The number of nitrogens with zero attached hydrogens (tertiary/aromatic N) is 2. The van der Waals surface area contributed by atoms with Crippen molar-refractivity contribution in [3.8, 4) is 0 Å². The summed E-state index contributed by atoms with van der Waals surface area (Å²) in [5, 5.41) is 6.16. The van der Waals surface area contributed by atoms with Crippen LogP contribution >= 0.6 is 11.3 Å². The van der Waals surface area contributed by atoms with Gasteiger partial charge in [-0.15, -0.1) is 0 Å². The Balaban J connectivity index is 2.03. The van der Waals surface area contributed by atoms with Gasteiger partial charge in [0, 0.05) is 20.0 Å². The summed E-state index contributed by atoms with van der Waals surface area (Å²) in [5.74, 6) is -1.09. The molecule has 1 aliphatic rings. The van der Waals surface area contributed by atoms with Crippen LogP contribution in [0.2, 0.25) is 0 Å². The number of primary amides is 1. The number of anilines is 2. The van der Waals surface area contributed by atoms with Crippen molar-refractivity contribution in [2.24, 2.45) is 5.73 Å². The number of piperidine rings is 1. The van der Waals surface area contributed by atoms with Crippen molar-refractivity contribution < 1.29 is 14.4 Å². The number of hydrogen-bond acceptors (Lipinski definition) is 6. The number of amides is 3.